The van der Waals surface area contributed by atoms with Crippen molar-refractivity contribution in [3.05, 3.63) is 29.8 Å². The average Bonchev–Trinajstić information content (AvgIpc) is 2.36. The van der Waals surface area contributed by atoms with Gasteiger partial charge >= 0.3 is 0 Å². The number of nitrogens with zero attached hydrogens (tertiary/aromatic N) is 1. The lowest BCUT2D eigenvalue weighted by molar-refractivity contribution is -0.117. The fourth-order valence-corrected chi connectivity index (χ4v) is 1.37. The maximum absolute atomic E-state index is 11.6. The zero-order valence-electron chi connectivity index (χ0n) is 10.1. The van der Waals surface area contributed by atoms with Crippen molar-refractivity contribution in [2.45, 2.75) is 13.3 Å². The van der Waals surface area contributed by atoms with Crippen molar-refractivity contribution in [1.29, 1.82) is 5.26 Å². The summed E-state index contributed by atoms with van der Waals surface area (Å²) < 4.78 is 5.01. The van der Waals surface area contributed by atoms with Crippen molar-refractivity contribution in [3.8, 4) is 6.07 Å². The lowest BCUT2D eigenvalue weighted by Gasteiger charge is -2.11. The lowest BCUT2D eigenvalue weighted by Crippen LogP contribution is -2.20. The molecule has 1 N–H and O–H groups in total. The first kappa shape index (κ1) is 13.2. The monoisotopic (exact) mass is 232 g/mol. The molecule has 1 rings (SSSR count). The van der Waals surface area contributed by atoms with Gasteiger partial charge in [0.25, 0.3) is 0 Å². The van der Waals surface area contributed by atoms with E-state index in [4.69, 9.17) is 10.00 Å². The number of benzene rings is 1. The maximum Gasteiger partial charge on any atom is 0.241 e. The molecular weight excluding hydrogens is 216 g/mol. The number of rotatable bonds is 5. The Hall–Kier alpha value is -1.86. The number of nitrogens with one attached hydrogen (secondary N) is 1. The second-order valence-electron chi connectivity index (χ2n) is 3.74. The number of ether oxygens (including phenoxy) is 1. The van der Waals surface area contributed by atoms with E-state index in [2.05, 4.69) is 5.32 Å². The molecular formula is C13H16N2O2. The van der Waals surface area contributed by atoms with Gasteiger partial charge in [0.2, 0.25) is 5.91 Å². The fourth-order valence-electron chi connectivity index (χ4n) is 1.37. The molecule has 0 heterocycles. The van der Waals surface area contributed by atoms with Gasteiger partial charge in [0.15, 0.2) is 0 Å². The normalized spacial score (nSPS) is 11.6. The molecule has 0 aromatic heterocycles. The van der Waals surface area contributed by atoms with E-state index in [1.807, 2.05) is 30.3 Å². The van der Waals surface area contributed by atoms with Gasteiger partial charge in [0, 0.05) is 12.8 Å². The summed E-state index contributed by atoms with van der Waals surface area (Å²) in [6, 6.07) is 9.43. The van der Waals surface area contributed by atoms with Crippen LogP contribution in [0.3, 0.4) is 0 Å². The minimum absolute atomic E-state index is 0.280. The molecule has 0 aliphatic carbocycles. The van der Waals surface area contributed by atoms with Crippen LogP contribution in [0.2, 0.25) is 0 Å². The Morgan fingerprint density at radius 2 is 2.24 bits per heavy atom. The van der Waals surface area contributed by atoms with Crippen LogP contribution in [-0.2, 0) is 16.0 Å². The Labute approximate surface area is 101 Å². The van der Waals surface area contributed by atoms with Crippen LogP contribution in [0, 0.1) is 17.2 Å². The molecule has 1 aromatic carbocycles. The van der Waals surface area contributed by atoms with Crippen molar-refractivity contribution >= 4 is 11.6 Å². The predicted octanol–water partition coefficient (Wildman–Crippen LogP) is 1.97. The molecule has 0 bridgehead atoms. The molecule has 90 valence electrons. The second kappa shape index (κ2) is 6.66. The van der Waals surface area contributed by atoms with E-state index in [0.717, 1.165) is 17.7 Å². The molecule has 0 aliphatic rings. The molecule has 0 saturated heterocycles. The number of nitriles is 1. The third-order valence-electron chi connectivity index (χ3n) is 2.44. The van der Waals surface area contributed by atoms with Gasteiger partial charge in [-0.15, -0.1) is 0 Å². The average molecular weight is 232 g/mol. The summed E-state index contributed by atoms with van der Waals surface area (Å²) in [5, 5.41) is 11.4. The third kappa shape index (κ3) is 3.89. The van der Waals surface area contributed by atoms with Crippen LogP contribution in [0.5, 0.6) is 0 Å². The second-order valence-corrected chi connectivity index (χ2v) is 3.74. The van der Waals surface area contributed by atoms with Crippen molar-refractivity contribution < 1.29 is 9.53 Å². The summed E-state index contributed by atoms with van der Waals surface area (Å²) in [5.41, 5.74) is 1.75. The molecule has 0 aliphatic heterocycles. The molecule has 0 spiro atoms. The van der Waals surface area contributed by atoms with E-state index in [1.54, 1.807) is 14.0 Å². The highest BCUT2D eigenvalue weighted by Crippen LogP contribution is 2.16. The first-order chi connectivity index (χ1) is 8.19. The zero-order valence-corrected chi connectivity index (χ0v) is 10.1. The summed E-state index contributed by atoms with van der Waals surface area (Å²) in [5.74, 6) is -0.928. The number of para-hydroxylation sites is 1. The first-order valence-electron chi connectivity index (χ1n) is 5.46. The zero-order chi connectivity index (χ0) is 12.7. The van der Waals surface area contributed by atoms with Gasteiger partial charge in [-0.25, -0.2) is 0 Å². The largest absolute Gasteiger partial charge is 0.384 e. The van der Waals surface area contributed by atoms with Crippen molar-refractivity contribution in [3.63, 3.8) is 0 Å². The molecule has 4 nitrogen and oxygen atoms in total. The highest BCUT2D eigenvalue weighted by molar-refractivity contribution is 5.94. The van der Waals surface area contributed by atoms with Gasteiger partial charge in [0.1, 0.15) is 5.92 Å². The molecule has 1 aromatic rings. The Morgan fingerprint density at radius 1 is 1.53 bits per heavy atom. The first-order valence-corrected chi connectivity index (χ1v) is 5.46. The molecule has 1 atom stereocenters. The lowest BCUT2D eigenvalue weighted by atomic mass is 10.1. The van der Waals surface area contributed by atoms with E-state index < -0.39 is 5.92 Å². The molecule has 17 heavy (non-hydrogen) atoms. The number of anilines is 1. The van der Waals surface area contributed by atoms with Crippen molar-refractivity contribution in [1.82, 2.24) is 0 Å². The standard InChI is InChI=1S/C13H16N2O2/c1-10(9-14)13(16)15-12-6-4-3-5-11(12)7-8-17-2/h3-6,10H,7-8H2,1-2H3,(H,15,16). The molecule has 4 heteroatoms. The highest BCUT2D eigenvalue weighted by Gasteiger charge is 2.13. The van der Waals surface area contributed by atoms with Crippen LogP contribution in [0.1, 0.15) is 12.5 Å². The predicted molar refractivity (Wildman–Crippen MR) is 65.4 cm³/mol. The van der Waals surface area contributed by atoms with E-state index >= 15 is 0 Å². The Balaban J connectivity index is 2.76. The summed E-state index contributed by atoms with van der Waals surface area (Å²) in [4.78, 5) is 11.6. The van der Waals surface area contributed by atoms with Gasteiger partial charge in [-0.3, -0.25) is 4.79 Å². The van der Waals surface area contributed by atoms with E-state index in [9.17, 15) is 4.79 Å². The van der Waals surface area contributed by atoms with E-state index in [-0.39, 0.29) is 5.91 Å². The van der Waals surface area contributed by atoms with E-state index in [0.29, 0.717) is 6.61 Å². The summed E-state index contributed by atoms with van der Waals surface area (Å²) in [7, 11) is 1.64. The van der Waals surface area contributed by atoms with Gasteiger partial charge in [-0.1, -0.05) is 18.2 Å². The van der Waals surface area contributed by atoms with Crippen LogP contribution in [0.4, 0.5) is 5.69 Å². The smallest absolute Gasteiger partial charge is 0.241 e. The number of carbonyl (C=O) groups excluding carboxylic acids is 1. The topological polar surface area (TPSA) is 62.1 Å². The molecule has 1 amide bonds. The van der Waals surface area contributed by atoms with Crippen LogP contribution in [0.25, 0.3) is 0 Å². The Bertz CT molecular complexity index is 424. The minimum atomic E-state index is -0.648. The summed E-state index contributed by atoms with van der Waals surface area (Å²) >= 11 is 0. The number of hydrogen-bond acceptors (Lipinski definition) is 3. The van der Waals surface area contributed by atoms with Gasteiger partial charge in [0.05, 0.1) is 12.7 Å². The third-order valence-corrected chi connectivity index (χ3v) is 2.44. The van der Waals surface area contributed by atoms with Gasteiger partial charge < -0.3 is 10.1 Å². The number of carbonyl (C=O) groups is 1. The molecule has 1 unspecified atom stereocenters. The fraction of sp³-hybridized carbons (Fsp3) is 0.385. The molecule has 0 saturated carbocycles. The Kier molecular flexibility index (Phi) is 5.18. The van der Waals surface area contributed by atoms with Crippen molar-refractivity contribution in [2.75, 3.05) is 19.0 Å². The maximum atomic E-state index is 11.6. The van der Waals surface area contributed by atoms with Crippen LogP contribution >= 0.6 is 0 Å². The van der Waals surface area contributed by atoms with Crippen LogP contribution < -0.4 is 5.32 Å². The number of amides is 1. The van der Waals surface area contributed by atoms with Crippen LogP contribution in [0.15, 0.2) is 24.3 Å². The quantitative estimate of drug-likeness (QED) is 0.844. The van der Waals surface area contributed by atoms with Crippen molar-refractivity contribution in [2.24, 2.45) is 5.92 Å². The molecule has 0 fully saturated rings. The summed E-state index contributed by atoms with van der Waals surface area (Å²) in [6.45, 7) is 2.17. The highest BCUT2D eigenvalue weighted by atomic mass is 16.5. The van der Waals surface area contributed by atoms with Crippen LogP contribution in [-0.4, -0.2) is 19.6 Å². The van der Waals surface area contributed by atoms with Gasteiger partial charge in [-0.05, 0) is 25.0 Å². The van der Waals surface area contributed by atoms with Gasteiger partial charge in [-0.2, -0.15) is 5.26 Å². The van der Waals surface area contributed by atoms with E-state index in [1.165, 1.54) is 0 Å². The SMILES string of the molecule is COCCc1ccccc1NC(=O)C(C)C#N. The minimum Gasteiger partial charge on any atom is -0.384 e. The Morgan fingerprint density at radius 3 is 2.88 bits per heavy atom. The summed E-state index contributed by atoms with van der Waals surface area (Å²) in [6.07, 6.45) is 0.730. The molecule has 0 radical (unpaired) electrons. The number of methoxy groups -OCH3 is 1. The number of hydrogen-bond donors (Lipinski definition) is 1.